The van der Waals surface area contributed by atoms with Crippen molar-refractivity contribution in [1.82, 2.24) is 0 Å². The van der Waals surface area contributed by atoms with E-state index in [0.29, 0.717) is 0 Å². The highest BCUT2D eigenvalue weighted by Crippen LogP contribution is 2.29. The minimum atomic E-state index is 0.207. The third kappa shape index (κ3) is 2.53. The average Bonchev–Trinajstić information content (AvgIpc) is 2.47. The lowest BCUT2D eigenvalue weighted by atomic mass is 9.98. The molecule has 0 atom stereocenters. The highest BCUT2D eigenvalue weighted by atomic mass is 16.5. The fourth-order valence-electron chi connectivity index (χ4n) is 2.46. The molecule has 3 rings (SSSR count). The van der Waals surface area contributed by atoms with Gasteiger partial charge in [-0.2, -0.15) is 0 Å². The zero-order valence-electron chi connectivity index (χ0n) is 11.8. The van der Waals surface area contributed by atoms with Crippen molar-refractivity contribution in [1.29, 1.82) is 0 Å². The van der Waals surface area contributed by atoms with E-state index in [1.807, 2.05) is 26.0 Å². The van der Waals surface area contributed by atoms with Crippen LogP contribution in [0.2, 0.25) is 0 Å². The maximum absolute atomic E-state index is 5.69. The minimum absolute atomic E-state index is 0.207. The van der Waals surface area contributed by atoms with Gasteiger partial charge in [-0.05, 0) is 47.9 Å². The Morgan fingerprint density at radius 3 is 2.20 bits per heavy atom. The Labute approximate surface area is 119 Å². The van der Waals surface area contributed by atoms with Crippen molar-refractivity contribution in [3.63, 3.8) is 0 Å². The van der Waals surface area contributed by atoms with Crippen LogP contribution in [0.4, 0.5) is 0 Å². The van der Waals surface area contributed by atoms with Gasteiger partial charge >= 0.3 is 0 Å². The van der Waals surface area contributed by atoms with E-state index in [4.69, 9.17) is 4.74 Å². The summed E-state index contributed by atoms with van der Waals surface area (Å²) in [6, 6.07) is 23.2. The lowest BCUT2D eigenvalue weighted by Gasteiger charge is -2.11. The van der Waals surface area contributed by atoms with Crippen LogP contribution in [0.5, 0.6) is 5.75 Å². The van der Waals surface area contributed by atoms with E-state index >= 15 is 0 Å². The van der Waals surface area contributed by atoms with Gasteiger partial charge in [0.05, 0.1) is 6.10 Å². The van der Waals surface area contributed by atoms with Crippen LogP contribution in [-0.2, 0) is 0 Å². The van der Waals surface area contributed by atoms with E-state index in [9.17, 15) is 0 Å². The topological polar surface area (TPSA) is 9.23 Å². The van der Waals surface area contributed by atoms with E-state index in [1.54, 1.807) is 0 Å². The molecule has 0 bridgehead atoms. The summed E-state index contributed by atoms with van der Waals surface area (Å²) in [6.45, 7) is 4.08. The standard InChI is InChI=1S/C19H18O/c1-14(2)20-17-12-10-16(11-13-17)19-9-5-7-15-6-3-4-8-18(15)19/h3-14H,1-2H3. The SMILES string of the molecule is CC(C)Oc1ccc(-c2cccc3ccccc23)cc1. The Bertz CT molecular complexity index is 706. The molecule has 0 spiro atoms. The van der Waals surface area contributed by atoms with E-state index in [-0.39, 0.29) is 6.10 Å². The molecule has 0 aliphatic heterocycles. The van der Waals surface area contributed by atoms with Gasteiger partial charge in [0.25, 0.3) is 0 Å². The maximum atomic E-state index is 5.69. The summed E-state index contributed by atoms with van der Waals surface area (Å²) in [4.78, 5) is 0. The van der Waals surface area contributed by atoms with Gasteiger partial charge in [-0.25, -0.2) is 0 Å². The van der Waals surface area contributed by atoms with Crippen molar-refractivity contribution >= 4 is 10.8 Å². The van der Waals surface area contributed by atoms with Gasteiger partial charge in [0, 0.05) is 0 Å². The number of hydrogen-bond donors (Lipinski definition) is 0. The van der Waals surface area contributed by atoms with Gasteiger partial charge in [0.2, 0.25) is 0 Å². The summed E-state index contributed by atoms with van der Waals surface area (Å²) in [6.07, 6.45) is 0.207. The molecule has 3 aromatic carbocycles. The lowest BCUT2D eigenvalue weighted by Crippen LogP contribution is -2.05. The second-order valence-corrected chi connectivity index (χ2v) is 5.22. The molecule has 20 heavy (non-hydrogen) atoms. The Morgan fingerprint density at radius 1 is 0.750 bits per heavy atom. The summed E-state index contributed by atoms with van der Waals surface area (Å²) < 4.78 is 5.69. The molecule has 0 aliphatic carbocycles. The van der Waals surface area contributed by atoms with E-state index < -0.39 is 0 Å². The first-order valence-electron chi connectivity index (χ1n) is 6.99. The van der Waals surface area contributed by atoms with Crippen LogP contribution in [0, 0.1) is 0 Å². The Morgan fingerprint density at radius 2 is 1.45 bits per heavy atom. The summed E-state index contributed by atoms with van der Waals surface area (Å²) in [5.41, 5.74) is 2.48. The summed E-state index contributed by atoms with van der Waals surface area (Å²) in [5.74, 6) is 0.920. The molecule has 0 fully saturated rings. The molecule has 0 aliphatic rings. The van der Waals surface area contributed by atoms with Crippen molar-refractivity contribution < 1.29 is 4.74 Å². The number of benzene rings is 3. The van der Waals surface area contributed by atoms with Crippen LogP contribution >= 0.6 is 0 Å². The molecule has 0 radical (unpaired) electrons. The molecule has 0 amide bonds. The van der Waals surface area contributed by atoms with Gasteiger partial charge < -0.3 is 4.74 Å². The first kappa shape index (κ1) is 12.7. The van der Waals surface area contributed by atoms with E-state index in [1.165, 1.54) is 21.9 Å². The minimum Gasteiger partial charge on any atom is -0.491 e. The molecule has 1 heteroatoms. The van der Waals surface area contributed by atoms with Crippen molar-refractivity contribution in [3.05, 3.63) is 66.7 Å². The molecule has 0 N–H and O–H groups in total. The van der Waals surface area contributed by atoms with E-state index in [0.717, 1.165) is 5.75 Å². The highest BCUT2D eigenvalue weighted by molar-refractivity contribution is 5.96. The third-order valence-corrected chi connectivity index (χ3v) is 3.33. The first-order valence-corrected chi connectivity index (χ1v) is 6.99. The Balaban J connectivity index is 2.03. The zero-order chi connectivity index (χ0) is 13.9. The zero-order valence-corrected chi connectivity index (χ0v) is 11.8. The van der Waals surface area contributed by atoms with E-state index in [2.05, 4.69) is 54.6 Å². The first-order chi connectivity index (χ1) is 9.74. The van der Waals surface area contributed by atoms with Crippen LogP contribution in [0.15, 0.2) is 66.7 Å². The van der Waals surface area contributed by atoms with Gasteiger partial charge in [0.15, 0.2) is 0 Å². The second-order valence-electron chi connectivity index (χ2n) is 5.22. The Kier molecular flexibility index (Phi) is 3.42. The van der Waals surface area contributed by atoms with Gasteiger partial charge in [0.1, 0.15) is 5.75 Å². The van der Waals surface area contributed by atoms with Crippen LogP contribution in [0.1, 0.15) is 13.8 Å². The maximum Gasteiger partial charge on any atom is 0.119 e. The van der Waals surface area contributed by atoms with Crippen molar-refractivity contribution in [3.8, 4) is 16.9 Å². The largest absolute Gasteiger partial charge is 0.491 e. The van der Waals surface area contributed by atoms with Crippen molar-refractivity contribution in [2.75, 3.05) is 0 Å². The molecule has 0 heterocycles. The highest BCUT2D eigenvalue weighted by Gasteiger charge is 2.04. The van der Waals surface area contributed by atoms with Crippen LogP contribution in [-0.4, -0.2) is 6.10 Å². The predicted molar refractivity (Wildman–Crippen MR) is 85.1 cm³/mol. The summed E-state index contributed by atoms with van der Waals surface area (Å²) in [5, 5.41) is 2.56. The summed E-state index contributed by atoms with van der Waals surface area (Å²) in [7, 11) is 0. The van der Waals surface area contributed by atoms with Gasteiger partial charge in [-0.3, -0.25) is 0 Å². The molecule has 1 nitrogen and oxygen atoms in total. The van der Waals surface area contributed by atoms with Crippen LogP contribution in [0.3, 0.4) is 0 Å². The quantitative estimate of drug-likeness (QED) is 0.623. The molecule has 3 aromatic rings. The Hall–Kier alpha value is -2.28. The molecular weight excluding hydrogens is 244 g/mol. The van der Waals surface area contributed by atoms with Crippen LogP contribution in [0.25, 0.3) is 21.9 Å². The molecular formula is C19H18O. The second kappa shape index (κ2) is 5.38. The normalized spacial score (nSPS) is 10.9. The monoisotopic (exact) mass is 262 g/mol. The molecule has 0 saturated carbocycles. The smallest absolute Gasteiger partial charge is 0.119 e. The number of hydrogen-bond acceptors (Lipinski definition) is 1. The molecule has 0 aromatic heterocycles. The van der Waals surface area contributed by atoms with Gasteiger partial charge in [-0.15, -0.1) is 0 Å². The average molecular weight is 262 g/mol. The fraction of sp³-hybridized carbons (Fsp3) is 0.158. The molecule has 100 valence electrons. The number of fused-ring (bicyclic) bond motifs is 1. The predicted octanol–water partition coefficient (Wildman–Crippen LogP) is 5.29. The molecule has 0 unspecified atom stereocenters. The van der Waals surface area contributed by atoms with Crippen molar-refractivity contribution in [2.45, 2.75) is 20.0 Å². The van der Waals surface area contributed by atoms with Crippen molar-refractivity contribution in [2.24, 2.45) is 0 Å². The van der Waals surface area contributed by atoms with Crippen LogP contribution < -0.4 is 4.74 Å². The third-order valence-electron chi connectivity index (χ3n) is 3.33. The number of ether oxygens (including phenoxy) is 1. The molecule has 0 saturated heterocycles. The summed E-state index contributed by atoms with van der Waals surface area (Å²) >= 11 is 0. The number of rotatable bonds is 3. The fourth-order valence-corrected chi connectivity index (χ4v) is 2.46. The lowest BCUT2D eigenvalue weighted by molar-refractivity contribution is 0.242. The van der Waals surface area contributed by atoms with Gasteiger partial charge in [-0.1, -0.05) is 54.6 Å².